The third kappa shape index (κ3) is 5.26. The fraction of sp³-hybridized carbons (Fsp3) is 0.375. The lowest BCUT2D eigenvalue weighted by Gasteiger charge is -2.17. The molecule has 0 spiro atoms. The van der Waals surface area contributed by atoms with E-state index in [4.69, 9.17) is 10.5 Å². The van der Waals surface area contributed by atoms with E-state index in [1.807, 2.05) is 6.07 Å². The van der Waals surface area contributed by atoms with Crippen molar-refractivity contribution in [2.24, 2.45) is 0 Å². The molecule has 0 bridgehead atoms. The van der Waals surface area contributed by atoms with Gasteiger partial charge >= 0.3 is 0 Å². The van der Waals surface area contributed by atoms with Gasteiger partial charge in [-0.15, -0.1) is 0 Å². The molecule has 0 aliphatic rings. The summed E-state index contributed by atoms with van der Waals surface area (Å²) in [4.78, 5) is 8.17. The lowest BCUT2D eigenvalue weighted by molar-refractivity contribution is -0.955. The molecule has 0 saturated heterocycles. The van der Waals surface area contributed by atoms with Crippen LogP contribution in [0, 0.1) is 6.92 Å². The molecule has 1 atom stereocenters. The third-order valence-corrected chi connectivity index (χ3v) is 3.54. The van der Waals surface area contributed by atoms with Gasteiger partial charge < -0.3 is 10.5 Å². The van der Waals surface area contributed by atoms with E-state index >= 15 is 0 Å². The molecule has 1 aromatic heterocycles. The highest BCUT2D eigenvalue weighted by Gasteiger charge is 2.16. The minimum atomic E-state index is -0.793. The van der Waals surface area contributed by atoms with Crippen molar-refractivity contribution in [1.82, 2.24) is 9.97 Å². The summed E-state index contributed by atoms with van der Waals surface area (Å²) in [6.45, 7) is 4.52. The molecule has 130 valence electrons. The highest BCUT2D eigenvalue weighted by molar-refractivity contribution is 7.74. The van der Waals surface area contributed by atoms with Gasteiger partial charge in [0, 0.05) is 6.20 Å². The zero-order valence-corrected chi connectivity index (χ0v) is 15.0. The van der Waals surface area contributed by atoms with E-state index in [1.165, 1.54) is 18.2 Å². The number of nitrogens with two attached hydrogens (primary N) is 1. The van der Waals surface area contributed by atoms with Gasteiger partial charge in [-0.1, -0.05) is 19.4 Å². The fourth-order valence-electron chi connectivity index (χ4n) is 2.21. The van der Waals surface area contributed by atoms with Crippen molar-refractivity contribution >= 4 is 24.6 Å². The predicted molar refractivity (Wildman–Crippen MR) is 96.5 cm³/mol. The number of aryl methyl sites for hydroxylation is 2. The molecule has 1 heterocycles. The van der Waals surface area contributed by atoms with Crippen LogP contribution in [-0.4, -0.2) is 26.4 Å². The highest BCUT2D eigenvalue weighted by Crippen LogP contribution is 2.21. The molecule has 1 unspecified atom stereocenters. The zero-order chi connectivity index (χ0) is 17.7. The standard InChI is InChI=1S/C16H24N5O2S/c1-4-5-12-8-14(7-6-11(12)2)23-10-13-9-18-16(19-15(13)17)20-21(3,22)24/h6-9,22,24H,4-5,10H2,1-3H3,(H3,17,18,19,20)/q+1. The Bertz CT molecular complexity index is 703. The van der Waals surface area contributed by atoms with Crippen LogP contribution < -0.4 is 15.9 Å². The Kier molecular flexibility index (Phi) is 5.87. The number of hydrogen-bond acceptors (Lipinski definition) is 7. The van der Waals surface area contributed by atoms with Crippen LogP contribution in [0.15, 0.2) is 24.4 Å². The second-order valence-electron chi connectivity index (χ2n) is 5.76. The number of hydroxylamine groups is 1. The fourth-order valence-corrected chi connectivity index (χ4v) is 2.30. The molecule has 4 N–H and O–H groups in total. The van der Waals surface area contributed by atoms with Crippen LogP contribution in [0.1, 0.15) is 30.0 Å². The van der Waals surface area contributed by atoms with E-state index in [0.717, 1.165) is 18.6 Å². The van der Waals surface area contributed by atoms with Crippen molar-refractivity contribution in [3.63, 3.8) is 0 Å². The van der Waals surface area contributed by atoms with Crippen LogP contribution in [0.5, 0.6) is 5.75 Å². The van der Waals surface area contributed by atoms with Crippen LogP contribution in [0.2, 0.25) is 0 Å². The quantitative estimate of drug-likeness (QED) is 0.349. The number of thiol groups is 1. The summed E-state index contributed by atoms with van der Waals surface area (Å²) in [7, 11) is 1.41. The van der Waals surface area contributed by atoms with Crippen LogP contribution in [0.25, 0.3) is 0 Å². The maximum Gasteiger partial charge on any atom is 0.275 e. The number of rotatable bonds is 7. The van der Waals surface area contributed by atoms with Gasteiger partial charge in [0.05, 0.1) is 5.56 Å². The van der Waals surface area contributed by atoms with E-state index in [-0.39, 0.29) is 18.4 Å². The zero-order valence-electron chi connectivity index (χ0n) is 14.2. The monoisotopic (exact) mass is 350 g/mol. The van der Waals surface area contributed by atoms with Gasteiger partial charge in [-0.05, 0) is 40.8 Å². The molecule has 0 aliphatic heterocycles. The number of ether oxygens (including phenoxy) is 1. The largest absolute Gasteiger partial charge is 0.489 e. The van der Waals surface area contributed by atoms with Crippen molar-refractivity contribution in [3.05, 3.63) is 41.1 Å². The first kappa shape index (κ1) is 18.3. The molecule has 0 radical (unpaired) electrons. The molecule has 0 aliphatic carbocycles. The van der Waals surface area contributed by atoms with Crippen molar-refractivity contribution in [2.75, 3.05) is 18.2 Å². The van der Waals surface area contributed by atoms with Crippen LogP contribution in [0.4, 0.5) is 11.8 Å². The molecular formula is C16H24N5O2S+. The van der Waals surface area contributed by atoms with Gasteiger partial charge in [0.25, 0.3) is 5.95 Å². The van der Waals surface area contributed by atoms with Crippen LogP contribution in [-0.2, 0) is 13.0 Å². The number of quaternary nitrogens is 1. The van der Waals surface area contributed by atoms with Gasteiger partial charge in [0.2, 0.25) is 0 Å². The topological polar surface area (TPSA) is 93.3 Å². The minimum absolute atomic E-state index is 0.178. The van der Waals surface area contributed by atoms with E-state index in [1.54, 1.807) is 6.20 Å². The Morgan fingerprint density at radius 3 is 2.75 bits per heavy atom. The Morgan fingerprint density at radius 1 is 1.38 bits per heavy atom. The number of anilines is 2. The number of nitrogens with one attached hydrogen (secondary N) is 1. The number of nitrogens with zero attached hydrogens (tertiary/aromatic N) is 3. The molecular weight excluding hydrogens is 326 g/mol. The Hall–Kier alpha value is -2.03. The summed E-state index contributed by atoms with van der Waals surface area (Å²) in [6.07, 6.45) is 3.68. The lowest BCUT2D eigenvalue weighted by atomic mass is 10.0. The summed E-state index contributed by atoms with van der Waals surface area (Å²) in [5.41, 5.74) is 11.7. The van der Waals surface area contributed by atoms with Crippen LogP contribution >= 0.6 is 12.8 Å². The van der Waals surface area contributed by atoms with E-state index in [9.17, 15) is 5.21 Å². The molecule has 0 amide bonds. The van der Waals surface area contributed by atoms with E-state index < -0.39 is 4.16 Å². The predicted octanol–water partition coefficient (Wildman–Crippen LogP) is 2.91. The minimum Gasteiger partial charge on any atom is -0.489 e. The maximum atomic E-state index is 9.52. The summed E-state index contributed by atoms with van der Waals surface area (Å²) in [5, 5.41) is 9.52. The second kappa shape index (κ2) is 7.69. The summed E-state index contributed by atoms with van der Waals surface area (Å²) in [5.74, 6) is 1.26. The third-order valence-electron chi connectivity index (χ3n) is 3.44. The Balaban J connectivity index is 2.05. The van der Waals surface area contributed by atoms with E-state index in [0.29, 0.717) is 5.56 Å². The Morgan fingerprint density at radius 2 is 2.12 bits per heavy atom. The van der Waals surface area contributed by atoms with Gasteiger partial charge in [0.1, 0.15) is 38.0 Å². The van der Waals surface area contributed by atoms with Crippen molar-refractivity contribution in [3.8, 4) is 5.75 Å². The van der Waals surface area contributed by atoms with Gasteiger partial charge in [-0.2, -0.15) is 15.6 Å². The number of hydrogen-bond donors (Lipinski definition) is 4. The smallest absolute Gasteiger partial charge is 0.275 e. The number of nitrogen functional groups attached to an aromatic ring is 1. The van der Waals surface area contributed by atoms with Crippen LogP contribution in [0.3, 0.4) is 0 Å². The summed E-state index contributed by atoms with van der Waals surface area (Å²) < 4.78 is 5.01. The molecule has 0 fully saturated rings. The average molecular weight is 350 g/mol. The lowest BCUT2D eigenvalue weighted by Crippen LogP contribution is -2.36. The first-order valence-corrected chi connectivity index (χ1v) is 8.12. The Labute approximate surface area is 147 Å². The summed E-state index contributed by atoms with van der Waals surface area (Å²) in [6, 6.07) is 6.05. The van der Waals surface area contributed by atoms with Gasteiger partial charge in [0.15, 0.2) is 0 Å². The van der Waals surface area contributed by atoms with E-state index in [2.05, 4.69) is 54.2 Å². The highest BCUT2D eigenvalue weighted by atomic mass is 32.1. The molecule has 8 heteroatoms. The van der Waals surface area contributed by atoms with Gasteiger partial charge in [-0.3, -0.25) is 0 Å². The number of aromatic nitrogens is 2. The normalized spacial score (nSPS) is 13.4. The average Bonchev–Trinajstić information content (AvgIpc) is 2.48. The SMILES string of the molecule is CCCc1cc(OCc2cnc(N[N+](C)(O)S)nc2N)ccc1C. The van der Waals surface area contributed by atoms with Crippen molar-refractivity contribution in [2.45, 2.75) is 33.3 Å². The van der Waals surface area contributed by atoms with Crippen molar-refractivity contribution < 1.29 is 14.1 Å². The summed E-state index contributed by atoms with van der Waals surface area (Å²) >= 11 is 3.89. The maximum absolute atomic E-state index is 9.52. The molecule has 0 saturated carbocycles. The van der Waals surface area contributed by atoms with Crippen molar-refractivity contribution in [1.29, 1.82) is 0 Å². The molecule has 24 heavy (non-hydrogen) atoms. The first-order chi connectivity index (χ1) is 11.3. The molecule has 1 aromatic carbocycles. The molecule has 2 aromatic rings. The molecule has 7 nitrogen and oxygen atoms in total. The number of benzene rings is 1. The molecule has 2 rings (SSSR count). The van der Waals surface area contributed by atoms with Gasteiger partial charge in [-0.25, -0.2) is 4.98 Å². The first-order valence-electron chi connectivity index (χ1n) is 7.72. The second-order valence-corrected chi connectivity index (χ2v) is 6.53.